The number of nitrogens with one attached hydrogen (secondary N) is 1. The van der Waals surface area contributed by atoms with Crippen LogP contribution < -0.4 is 5.32 Å². The van der Waals surface area contributed by atoms with Crippen molar-refractivity contribution in [3.63, 3.8) is 0 Å². The number of likely N-dealkylation sites (N-methyl/N-ethyl adjacent to an activating group) is 1. The van der Waals surface area contributed by atoms with E-state index in [0.29, 0.717) is 6.04 Å². The highest BCUT2D eigenvalue weighted by Gasteiger charge is 2.21. The molecule has 1 aliphatic heterocycles. The molecular formula is C13H24N4. The minimum Gasteiger partial charge on any atom is -0.315 e. The van der Waals surface area contributed by atoms with Crippen LogP contribution in [0, 0.1) is 0 Å². The molecule has 1 saturated heterocycles. The second-order valence-corrected chi connectivity index (χ2v) is 4.76. The predicted octanol–water partition coefficient (Wildman–Crippen LogP) is 1.48. The Labute approximate surface area is 104 Å². The number of rotatable bonds is 6. The highest BCUT2D eigenvalue weighted by molar-refractivity contribution is 5.01. The van der Waals surface area contributed by atoms with Crippen molar-refractivity contribution in [1.82, 2.24) is 20.0 Å². The van der Waals surface area contributed by atoms with Gasteiger partial charge in [0.2, 0.25) is 0 Å². The maximum absolute atomic E-state index is 4.39. The summed E-state index contributed by atoms with van der Waals surface area (Å²) in [5, 5.41) is 7.84. The van der Waals surface area contributed by atoms with E-state index < -0.39 is 0 Å². The first-order chi connectivity index (χ1) is 8.35. The lowest BCUT2D eigenvalue weighted by molar-refractivity contribution is 0.204. The first-order valence-electron chi connectivity index (χ1n) is 6.80. The van der Waals surface area contributed by atoms with Gasteiger partial charge in [0.1, 0.15) is 0 Å². The molecule has 1 aromatic heterocycles. The Morgan fingerprint density at radius 3 is 3.06 bits per heavy atom. The van der Waals surface area contributed by atoms with Gasteiger partial charge in [0.05, 0.1) is 5.69 Å². The Morgan fingerprint density at radius 2 is 2.41 bits per heavy atom. The van der Waals surface area contributed by atoms with E-state index >= 15 is 0 Å². The average molecular weight is 236 g/mol. The van der Waals surface area contributed by atoms with Crippen molar-refractivity contribution >= 4 is 0 Å². The molecular weight excluding hydrogens is 212 g/mol. The van der Waals surface area contributed by atoms with Gasteiger partial charge in [-0.15, -0.1) is 0 Å². The van der Waals surface area contributed by atoms with Gasteiger partial charge in [0, 0.05) is 31.9 Å². The fourth-order valence-corrected chi connectivity index (χ4v) is 2.57. The lowest BCUT2D eigenvalue weighted by Crippen LogP contribution is -2.36. The molecule has 4 heteroatoms. The van der Waals surface area contributed by atoms with Gasteiger partial charge in [-0.1, -0.05) is 13.8 Å². The minimum absolute atomic E-state index is 0.699. The van der Waals surface area contributed by atoms with Crippen LogP contribution >= 0.6 is 0 Å². The zero-order valence-electron chi connectivity index (χ0n) is 11.0. The van der Waals surface area contributed by atoms with Gasteiger partial charge >= 0.3 is 0 Å². The third-order valence-electron chi connectivity index (χ3n) is 3.56. The van der Waals surface area contributed by atoms with Gasteiger partial charge in [0.25, 0.3) is 0 Å². The molecule has 0 aliphatic carbocycles. The van der Waals surface area contributed by atoms with Gasteiger partial charge in [-0.2, -0.15) is 5.10 Å². The maximum Gasteiger partial charge on any atom is 0.0524 e. The van der Waals surface area contributed by atoms with Crippen LogP contribution in [0.1, 0.15) is 32.4 Å². The number of nitrogens with zero attached hydrogens (tertiary/aromatic N) is 3. The summed E-state index contributed by atoms with van der Waals surface area (Å²) in [6.07, 6.45) is 4.34. The zero-order chi connectivity index (χ0) is 12.1. The highest BCUT2D eigenvalue weighted by atomic mass is 15.3. The second kappa shape index (κ2) is 6.17. The quantitative estimate of drug-likeness (QED) is 0.812. The third-order valence-corrected chi connectivity index (χ3v) is 3.56. The molecule has 0 spiro atoms. The van der Waals surface area contributed by atoms with Gasteiger partial charge in [-0.05, 0) is 32.0 Å². The van der Waals surface area contributed by atoms with E-state index in [0.717, 1.165) is 39.1 Å². The molecule has 2 heterocycles. The largest absolute Gasteiger partial charge is 0.315 e. The van der Waals surface area contributed by atoms with Crippen LogP contribution in [0.25, 0.3) is 0 Å². The molecule has 0 radical (unpaired) electrons. The average Bonchev–Trinajstić information content (AvgIpc) is 2.97. The Bertz CT molecular complexity index is 328. The molecule has 1 aliphatic rings. The highest BCUT2D eigenvalue weighted by Crippen LogP contribution is 2.13. The smallest absolute Gasteiger partial charge is 0.0524 e. The van der Waals surface area contributed by atoms with Crippen LogP contribution in [0.2, 0.25) is 0 Å². The van der Waals surface area contributed by atoms with Crippen molar-refractivity contribution < 1.29 is 0 Å². The fourth-order valence-electron chi connectivity index (χ4n) is 2.57. The summed E-state index contributed by atoms with van der Waals surface area (Å²) in [5.74, 6) is 0. The minimum atomic E-state index is 0.699. The number of hydrogen-bond acceptors (Lipinski definition) is 3. The van der Waals surface area contributed by atoms with Crippen molar-refractivity contribution in [2.75, 3.05) is 19.6 Å². The van der Waals surface area contributed by atoms with Crippen molar-refractivity contribution in [3.05, 3.63) is 18.0 Å². The molecule has 17 heavy (non-hydrogen) atoms. The van der Waals surface area contributed by atoms with E-state index in [1.165, 1.54) is 12.1 Å². The molecule has 1 N–H and O–H groups in total. The van der Waals surface area contributed by atoms with E-state index in [2.05, 4.69) is 39.9 Å². The summed E-state index contributed by atoms with van der Waals surface area (Å²) in [6.45, 7) is 9.92. The van der Waals surface area contributed by atoms with Crippen LogP contribution in [0.4, 0.5) is 0 Å². The molecule has 1 unspecified atom stereocenters. The molecule has 0 saturated carbocycles. The van der Waals surface area contributed by atoms with E-state index in [1.54, 1.807) is 0 Å². The molecule has 96 valence electrons. The van der Waals surface area contributed by atoms with Crippen molar-refractivity contribution in [2.45, 2.75) is 45.8 Å². The van der Waals surface area contributed by atoms with Crippen LogP contribution in [-0.4, -0.2) is 40.4 Å². The SMILES string of the molecule is CCCn1nccc1CN(CC)C1CCNC1. The Balaban J connectivity index is 1.99. The Kier molecular flexibility index (Phi) is 4.57. The summed E-state index contributed by atoms with van der Waals surface area (Å²) in [7, 11) is 0. The van der Waals surface area contributed by atoms with E-state index in [4.69, 9.17) is 0 Å². The van der Waals surface area contributed by atoms with Gasteiger partial charge in [-0.25, -0.2) is 0 Å². The molecule has 1 fully saturated rings. The number of hydrogen-bond donors (Lipinski definition) is 1. The summed E-state index contributed by atoms with van der Waals surface area (Å²) in [6, 6.07) is 2.85. The van der Waals surface area contributed by atoms with Crippen LogP contribution in [0.3, 0.4) is 0 Å². The molecule has 1 aromatic rings. The van der Waals surface area contributed by atoms with Gasteiger partial charge < -0.3 is 5.32 Å². The number of aromatic nitrogens is 2. The standard InChI is InChI=1S/C13H24N4/c1-3-9-17-13(6-8-15-17)11-16(4-2)12-5-7-14-10-12/h6,8,12,14H,3-5,7,9-11H2,1-2H3. The second-order valence-electron chi connectivity index (χ2n) is 4.76. The maximum atomic E-state index is 4.39. The summed E-state index contributed by atoms with van der Waals surface area (Å²) in [5.41, 5.74) is 1.35. The first-order valence-corrected chi connectivity index (χ1v) is 6.80. The molecule has 0 aromatic carbocycles. The van der Waals surface area contributed by atoms with Crippen LogP contribution in [0.5, 0.6) is 0 Å². The van der Waals surface area contributed by atoms with Crippen molar-refractivity contribution in [1.29, 1.82) is 0 Å². The molecule has 4 nitrogen and oxygen atoms in total. The third kappa shape index (κ3) is 3.07. The molecule has 0 amide bonds. The van der Waals surface area contributed by atoms with Crippen LogP contribution in [0.15, 0.2) is 12.3 Å². The van der Waals surface area contributed by atoms with Crippen molar-refractivity contribution in [3.8, 4) is 0 Å². The van der Waals surface area contributed by atoms with E-state index in [9.17, 15) is 0 Å². The van der Waals surface area contributed by atoms with Gasteiger partial charge in [-0.3, -0.25) is 9.58 Å². The van der Waals surface area contributed by atoms with E-state index in [1.807, 2.05) is 6.20 Å². The Morgan fingerprint density at radius 1 is 1.53 bits per heavy atom. The van der Waals surface area contributed by atoms with Crippen LogP contribution in [-0.2, 0) is 13.1 Å². The lowest BCUT2D eigenvalue weighted by Gasteiger charge is -2.27. The molecule has 1 atom stereocenters. The topological polar surface area (TPSA) is 33.1 Å². The zero-order valence-corrected chi connectivity index (χ0v) is 11.0. The Hall–Kier alpha value is -0.870. The summed E-state index contributed by atoms with van der Waals surface area (Å²) in [4.78, 5) is 2.56. The summed E-state index contributed by atoms with van der Waals surface area (Å²) < 4.78 is 2.14. The monoisotopic (exact) mass is 236 g/mol. The predicted molar refractivity (Wildman–Crippen MR) is 69.9 cm³/mol. The number of aryl methyl sites for hydroxylation is 1. The normalized spacial score (nSPS) is 20.3. The lowest BCUT2D eigenvalue weighted by atomic mass is 10.2. The molecule has 2 rings (SSSR count). The fraction of sp³-hybridized carbons (Fsp3) is 0.769. The van der Waals surface area contributed by atoms with Crippen molar-refractivity contribution in [2.24, 2.45) is 0 Å². The van der Waals surface area contributed by atoms with E-state index in [-0.39, 0.29) is 0 Å². The first kappa shape index (κ1) is 12.6. The molecule has 0 bridgehead atoms. The summed E-state index contributed by atoms with van der Waals surface area (Å²) >= 11 is 0. The van der Waals surface area contributed by atoms with Gasteiger partial charge in [0.15, 0.2) is 0 Å².